The predicted octanol–water partition coefficient (Wildman–Crippen LogP) is 3.81. The van der Waals surface area contributed by atoms with Crippen molar-refractivity contribution in [2.24, 2.45) is 0 Å². The molecule has 0 unspecified atom stereocenters. The van der Waals surface area contributed by atoms with Crippen LogP contribution < -0.4 is 10.6 Å². The molecule has 0 atom stereocenters. The monoisotopic (exact) mass is 318 g/mol. The molecule has 2 rings (SSSR count). The zero-order valence-electron chi connectivity index (χ0n) is 10.4. The van der Waals surface area contributed by atoms with Crippen molar-refractivity contribution in [3.05, 3.63) is 64.6 Å². The van der Waals surface area contributed by atoms with Gasteiger partial charge in [0.05, 0.1) is 0 Å². The van der Waals surface area contributed by atoms with E-state index in [0.29, 0.717) is 6.54 Å². The predicted molar refractivity (Wildman–Crippen MR) is 81.3 cm³/mol. The third-order valence-electron chi connectivity index (χ3n) is 2.62. The molecule has 0 aromatic heterocycles. The Kier molecular flexibility index (Phi) is 4.98. The minimum atomic E-state index is -0.179. The summed E-state index contributed by atoms with van der Waals surface area (Å²) in [6.45, 7) is 0.606. The third kappa shape index (κ3) is 4.75. The molecule has 0 spiro atoms. The van der Waals surface area contributed by atoms with Gasteiger partial charge in [-0.2, -0.15) is 0 Å². The lowest BCUT2D eigenvalue weighted by molar-refractivity contribution is 0.252. The lowest BCUT2D eigenvalue weighted by atomic mass is 10.1. The number of para-hydroxylation sites is 1. The molecule has 0 fully saturated rings. The van der Waals surface area contributed by atoms with Gasteiger partial charge in [0.25, 0.3) is 0 Å². The molecular weight excluding hydrogens is 304 g/mol. The molecule has 4 heteroatoms. The molecule has 0 aliphatic carbocycles. The van der Waals surface area contributed by atoms with Crippen LogP contribution in [0.25, 0.3) is 0 Å². The highest BCUT2D eigenvalue weighted by atomic mass is 79.9. The Labute approximate surface area is 121 Å². The quantitative estimate of drug-likeness (QED) is 0.884. The van der Waals surface area contributed by atoms with E-state index in [2.05, 4.69) is 32.6 Å². The van der Waals surface area contributed by atoms with Gasteiger partial charge in [0.15, 0.2) is 0 Å². The van der Waals surface area contributed by atoms with Crippen LogP contribution >= 0.6 is 15.9 Å². The summed E-state index contributed by atoms with van der Waals surface area (Å²) >= 11 is 3.43. The summed E-state index contributed by atoms with van der Waals surface area (Å²) in [6.07, 6.45) is 0.807. The number of amides is 2. The van der Waals surface area contributed by atoms with Gasteiger partial charge in [-0.3, -0.25) is 0 Å². The maximum atomic E-state index is 11.6. The van der Waals surface area contributed by atoms with E-state index in [0.717, 1.165) is 16.6 Å². The van der Waals surface area contributed by atoms with Gasteiger partial charge in [-0.25, -0.2) is 4.79 Å². The molecular formula is C15H15BrN2O. The first-order valence-corrected chi connectivity index (χ1v) is 6.88. The van der Waals surface area contributed by atoms with Gasteiger partial charge >= 0.3 is 6.03 Å². The molecule has 2 aromatic carbocycles. The first-order chi connectivity index (χ1) is 9.24. The normalized spacial score (nSPS) is 9.95. The molecule has 19 heavy (non-hydrogen) atoms. The number of halogens is 1. The molecule has 2 amide bonds. The summed E-state index contributed by atoms with van der Waals surface area (Å²) in [5.41, 5.74) is 1.98. The SMILES string of the molecule is O=C(NCCc1cccc(Br)c1)Nc1ccccc1. The molecule has 0 saturated heterocycles. The summed E-state index contributed by atoms with van der Waals surface area (Å²) < 4.78 is 1.05. The van der Waals surface area contributed by atoms with Crippen LogP contribution in [-0.2, 0) is 6.42 Å². The molecule has 3 nitrogen and oxygen atoms in total. The van der Waals surface area contributed by atoms with E-state index in [1.165, 1.54) is 5.56 Å². The van der Waals surface area contributed by atoms with Crippen molar-refractivity contribution in [3.8, 4) is 0 Å². The van der Waals surface area contributed by atoms with Crippen LogP contribution in [0.5, 0.6) is 0 Å². The standard InChI is InChI=1S/C15H15BrN2O/c16-13-6-4-5-12(11-13)9-10-17-15(19)18-14-7-2-1-3-8-14/h1-8,11H,9-10H2,(H2,17,18,19). The Morgan fingerprint density at radius 2 is 1.84 bits per heavy atom. The zero-order chi connectivity index (χ0) is 13.5. The fourth-order valence-corrected chi connectivity index (χ4v) is 2.16. The summed E-state index contributed by atoms with van der Waals surface area (Å²) in [5, 5.41) is 5.61. The highest BCUT2D eigenvalue weighted by molar-refractivity contribution is 9.10. The molecule has 0 aliphatic rings. The Morgan fingerprint density at radius 3 is 2.58 bits per heavy atom. The van der Waals surface area contributed by atoms with Crippen LogP contribution in [0.2, 0.25) is 0 Å². The lowest BCUT2D eigenvalue weighted by Crippen LogP contribution is -2.30. The topological polar surface area (TPSA) is 41.1 Å². The van der Waals surface area contributed by atoms with Crippen molar-refractivity contribution in [3.63, 3.8) is 0 Å². The van der Waals surface area contributed by atoms with Crippen molar-refractivity contribution < 1.29 is 4.79 Å². The largest absolute Gasteiger partial charge is 0.338 e. The van der Waals surface area contributed by atoms with Crippen LogP contribution in [0.15, 0.2) is 59.1 Å². The zero-order valence-corrected chi connectivity index (χ0v) is 12.0. The van der Waals surface area contributed by atoms with Gasteiger partial charge in [0, 0.05) is 16.7 Å². The highest BCUT2D eigenvalue weighted by Crippen LogP contribution is 2.11. The van der Waals surface area contributed by atoms with E-state index in [1.807, 2.05) is 48.5 Å². The summed E-state index contributed by atoms with van der Waals surface area (Å²) in [7, 11) is 0. The first-order valence-electron chi connectivity index (χ1n) is 6.08. The Bertz CT molecular complexity index is 543. The van der Waals surface area contributed by atoms with E-state index in [-0.39, 0.29) is 6.03 Å². The summed E-state index contributed by atoms with van der Waals surface area (Å²) in [4.78, 5) is 11.6. The second-order valence-corrected chi connectivity index (χ2v) is 5.04. The van der Waals surface area contributed by atoms with E-state index in [9.17, 15) is 4.79 Å². The molecule has 0 saturated carbocycles. The maximum Gasteiger partial charge on any atom is 0.319 e. The number of urea groups is 1. The van der Waals surface area contributed by atoms with Crippen molar-refractivity contribution in [1.82, 2.24) is 5.32 Å². The van der Waals surface area contributed by atoms with E-state index in [4.69, 9.17) is 0 Å². The van der Waals surface area contributed by atoms with E-state index in [1.54, 1.807) is 0 Å². The van der Waals surface area contributed by atoms with Crippen molar-refractivity contribution in [2.75, 3.05) is 11.9 Å². The summed E-state index contributed by atoms with van der Waals surface area (Å²) in [5.74, 6) is 0. The Balaban J connectivity index is 1.75. The van der Waals surface area contributed by atoms with Crippen LogP contribution in [-0.4, -0.2) is 12.6 Å². The third-order valence-corrected chi connectivity index (χ3v) is 3.11. The molecule has 98 valence electrons. The molecule has 2 N–H and O–H groups in total. The number of hydrogen-bond donors (Lipinski definition) is 2. The van der Waals surface area contributed by atoms with Gasteiger partial charge in [0.1, 0.15) is 0 Å². The van der Waals surface area contributed by atoms with Gasteiger partial charge in [-0.05, 0) is 36.2 Å². The average molecular weight is 319 g/mol. The smallest absolute Gasteiger partial charge is 0.319 e. The first kappa shape index (κ1) is 13.6. The van der Waals surface area contributed by atoms with Crippen LogP contribution in [0.4, 0.5) is 10.5 Å². The highest BCUT2D eigenvalue weighted by Gasteiger charge is 2.00. The van der Waals surface area contributed by atoms with Crippen molar-refractivity contribution in [2.45, 2.75) is 6.42 Å². The number of rotatable bonds is 4. The van der Waals surface area contributed by atoms with Crippen molar-refractivity contribution >= 4 is 27.6 Å². The lowest BCUT2D eigenvalue weighted by Gasteiger charge is -2.07. The molecule has 0 radical (unpaired) electrons. The fourth-order valence-electron chi connectivity index (χ4n) is 1.71. The minimum Gasteiger partial charge on any atom is -0.338 e. The number of anilines is 1. The average Bonchev–Trinajstić information content (AvgIpc) is 2.40. The number of carbonyl (C=O) groups excluding carboxylic acids is 1. The number of nitrogens with one attached hydrogen (secondary N) is 2. The molecule has 0 heterocycles. The number of benzene rings is 2. The molecule has 0 bridgehead atoms. The van der Waals surface area contributed by atoms with Gasteiger partial charge in [0.2, 0.25) is 0 Å². The van der Waals surface area contributed by atoms with E-state index < -0.39 is 0 Å². The Morgan fingerprint density at radius 1 is 1.05 bits per heavy atom. The second-order valence-electron chi connectivity index (χ2n) is 4.13. The van der Waals surface area contributed by atoms with E-state index >= 15 is 0 Å². The van der Waals surface area contributed by atoms with Crippen LogP contribution in [0, 0.1) is 0 Å². The van der Waals surface area contributed by atoms with Crippen LogP contribution in [0.1, 0.15) is 5.56 Å². The molecule has 2 aromatic rings. The molecule has 0 aliphatic heterocycles. The minimum absolute atomic E-state index is 0.179. The van der Waals surface area contributed by atoms with Crippen LogP contribution in [0.3, 0.4) is 0 Å². The second kappa shape index (κ2) is 6.95. The fraction of sp³-hybridized carbons (Fsp3) is 0.133. The number of carbonyl (C=O) groups is 1. The van der Waals surface area contributed by atoms with Gasteiger partial charge in [-0.15, -0.1) is 0 Å². The summed E-state index contributed by atoms with van der Waals surface area (Å²) in [6, 6.07) is 17.3. The van der Waals surface area contributed by atoms with Gasteiger partial charge < -0.3 is 10.6 Å². The van der Waals surface area contributed by atoms with Gasteiger partial charge in [-0.1, -0.05) is 46.3 Å². The number of hydrogen-bond acceptors (Lipinski definition) is 1. The Hall–Kier alpha value is -1.81. The van der Waals surface area contributed by atoms with Crippen molar-refractivity contribution in [1.29, 1.82) is 0 Å². The maximum absolute atomic E-state index is 11.6.